The number of anilines is 3. The normalized spacial score (nSPS) is 26.8. The lowest BCUT2D eigenvalue weighted by Crippen LogP contribution is -2.81. The summed E-state index contributed by atoms with van der Waals surface area (Å²) in [4.78, 5) is 79.9. The quantitative estimate of drug-likeness (QED) is 0.0174. The number of hydrogen-bond acceptors (Lipinski definition) is 21. The monoisotopic (exact) mass is 1220 g/mol. The number of para-hydroxylation sites is 1. The lowest BCUT2D eigenvalue weighted by molar-refractivity contribution is -0.228. The number of likely N-dealkylation sites (N-methyl/N-ethyl adjacent to an activating group) is 1. The highest BCUT2D eigenvalue weighted by molar-refractivity contribution is 6.33. The van der Waals surface area contributed by atoms with Gasteiger partial charge in [0, 0.05) is 142 Å². The van der Waals surface area contributed by atoms with E-state index in [2.05, 4.69) is 79.4 Å². The third-order valence-corrected chi connectivity index (χ3v) is 19.8. The van der Waals surface area contributed by atoms with Crippen molar-refractivity contribution in [3.05, 3.63) is 129 Å². The molecule has 1 spiro atoms. The predicted octanol–water partition coefficient (Wildman–Crippen LogP) is 4.61. The van der Waals surface area contributed by atoms with Crippen LogP contribution in [0.5, 0.6) is 17.2 Å². The first-order valence-electron chi connectivity index (χ1n) is 30.8. The number of rotatable bonds is 19. The van der Waals surface area contributed by atoms with Gasteiger partial charge in [-0.3, -0.25) is 29.0 Å². The van der Waals surface area contributed by atoms with Gasteiger partial charge < -0.3 is 75.6 Å². The number of aromatic nitrogens is 1. The molecule has 22 heteroatoms. The van der Waals surface area contributed by atoms with Crippen molar-refractivity contribution in [1.29, 1.82) is 0 Å². The number of aliphatic hydroxyl groups is 3. The van der Waals surface area contributed by atoms with Gasteiger partial charge in [0.05, 0.1) is 62.8 Å². The van der Waals surface area contributed by atoms with E-state index in [-0.39, 0.29) is 64.9 Å². The molecule has 0 radical (unpaired) electrons. The molecule has 0 amide bonds. The van der Waals surface area contributed by atoms with Crippen LogP contribution in [-0.2, 0) is 46.0 Å². The van der Waals surface area contributed by atoms with E-state index >= 15 is 4.79 Å². The second kappa shape index (κ2) is 24.9. The van der Waals surface area contributed by atoms with Gasteiger partial charge in [-0.1, -0.05) is 55.8 Å². The van der Waals surface area contributed by atoms with Crippen LogP contribution < -0.4 is 30.9 Å². The average Bonchev–Trinajstić information content (AvgIpc) is 1.52. The van der Waals surface area contributed by atoms with Crippen molar-refractivity contribution >= 4 is 57.4 Å². The molecule has 2 aliphatic carbocycles. The van der Waals surface area contributed by atoms with E-state index in [1.54, 1.807) is 19.2 Å². The van der Waals surface area contributed by atoms with Gasteiger partial charge in [0.2, 0.25) is 17.2 Å². The number of nitrogens with zero attached hydrogens (tertiary/aromatic N) is 3. The van der Waals surface area contributed by atoms with Crippen LogP contribution in [0.2, 0.25) is 0 Å². The molecule has 5 aliphatic heterocycles. The molecule has 22 nitrogen and oxygen atoms in total. The summed E-state index contributed by atoms with van der Waals surface area (Å²) in [5.74, 6) is -3.17. The summed E-state index contributed by atoms with van der Waals surface area (Å²) >= 11 is 0. The van der Waals surface area contributed by atoms with E-state index in [0.717, 1.165) is 52.9 Å². The molecule has 1 saturated carbocycles. The Bertz CT molecular complexity index is 3600. The zero-order chi connectivity index (χ0) is 63.3. The van der Waals surface area contributed by atoms with E-state index in [9.17, 15) is 34.5 Å². The number of benzene rings is 4. The van der Waals surface area contributed by atoms with Gasteiger partial charge >= 0.3 is 17.9 Å². The van der Waals surface area contributed by atoms with Gasteiger partial charge in [0.25, 0.3) is 0 Å². The van der Waals surface area contributed by atoms with Crippen molar-refractivity contribution in [1.82, 2.24) is 25.4 Å². The molecule has 1 aromatic heterocycles. The Morgan fingerprint density at radius 3 is 2.00 bits per heavy atom. The second-order valence-electron chi connectivity index (χ2n) is 24.4. The van der Waals surface area contributed by atoms with E-state index in [1.807, 2.05) is 37.1 Å². The molecule has 5 aromatic rings. The van der Waals surface area contributed by atoms with Crippen molar-refractivity contribution in [3.63, 3.8) is 0 Å². The summed E-state index contributed by atoms with van der Waals surface area (Å²) in [5.41, 5.74) is 1.73. The van der Waals surface area contributed by atoms with Crippen molar-refractivity contribution in [2.75, 3.05) is 123 Å². The molecule has 6 heterocycles. The number of hydrogen-bond donors (Lipinski definition) is 10. The number of carbonyl (C=O) groups excluding carboxylic acids is 5. The maximum absolute atomic E-state index is 15.2. The van der Waals surface area contributed by atoms with Gasteiger partial charge in [0.15, 0.2) is 6.10 Å². The first-order valence-corrected chi connectivity index (χ1v) is 30.8. The summed E-state index contributed by atoms with van der Waals surface area (Å²) in [6.07, 6.45) is 7.67. The fourth-order valence-corrected chi connectivity index (χ4v) is 16.5. The summed E-state index contributed by atoms with van der Waals surface area (Å²) in [7, 11) is 6.22. The standard InChI is InChI=1S/C45H54N4O8.C22H28N4O6/c1-8-27-19-28-22-44(40(51)55-6,36-30(25-48(23-27)24-28)29-13-10-11-14-33(29)46-36)32-20-31-34(21-35(32)54-5)47(4)38-43(31)16-18-49-17-12-15-42(9-2,37(43)49)39(57-26(3)50)45(38,53)41(52)56-7;27-11-9-23-5-7-25-13-1-2-14(26-8-6-24-10-12-28)18-17(13)21(31)19-15(29)3-4-16(30)20(19)22(18)32/h10-15,19-21,28,37-39,46,53H,8-9,16-18,22-25H2,1-7H3;1-4,23-30H,5-12H2/t28?,37-,38+,39+,42+,43+,44-,45-;/m0./s1. The number of esters is 3. The molecule has 9 atom stereocenters. The summed E-state index contributed by atoms with van der Waals surface area (Å²) in [5, 5.41) is 64.9. The minimum Gasteiger partial charge on any atom is -0.507 e. The average molecular weight is 1220 g/mol. The van der Waals surface area contributed by atoms with Crippen molar-refractivity contribution in [2.24, 2.45) is 11.3 Å². The first kappa shape index (κ1) is 62.8. The third kappa shape index (κ3) is 9.92. The fourth-order valence-electron chi connectivity index (χ4n) is 16.5. The Labute approximate surface area is 517 Å². The van der Waals surface area contributed by atoms with Gasteiger partial charge in [-0.25, -0.2) is 4.79 Å². The number of aliphatic hydroxyl groups excluding tert-OH is 2. The maximum Gasteiger partial charge on any atom is 0.344 e. The zero-order valence-electron chi connectivity index (χ0n) is 51.6. The Kier molecular flexibility index (Phi) is 17.5. The zero-order valence-corrected chi connectivity index (χ0v) is 51.6. The molecule has 2 fully saturated rings. The first-order chi connectivity index (χ1) is 42.9. The highest BCUT2D eigenvalue weighted by atomic mass is 16.6. The van der Waals surface area contributed by atoms with Crippen LogP contribution in [-0.4, -0.2) is 201 Å². The smallest absolute Gasteiger partial charge is 0.344 e. The molecule has 10 N–H and O–H groups in total. The van der Waals surface area contributed by atoms with Crippen LogP contribution in [0.15, 0.2) is 84.5 Å². The minimum atomic E-state index is -2.27. The Balaban J connectivity index is 0.000000217. The number of phenolic OH excluding ortho intramolecular Hbond substituents is 2. The maximum atomic E-state index is 15.2. The van der Waals surface area contributed by atoms with Gasteiger partial charge in [-0.15, -0.1) is 0 Å². The lowest BCUT2D eigenvalue weighted by atomic mass is 9.47. The SMILES string of the molecule is CCC1=CC2CN(C1)Cc1c([nH]c3ccccc13)[C@@](C(=O)OC)(c1cc3c(cc1OC)N(C)[C@H]1[C@@](O)(C(=O)OC)[C@H](OC(C)=O)[C@]4(CC)C=CCN5CC[C@]31[C@@H]54)C2.O=C1c2c(O)ccc(O)c2C(=O)c2c(NCCNCCO)ccc(NCCNCCO)c21. The van der Waals surface area contributed by atoms with E-state index in [1.165, 1.54) is 38.8 Å². The molecule has 1 saturated heterocycles. The largest absolute Gasteiger partial charge is 0.507 e. The highest BCUT2D eigenvalue weighted by Gasteiger charge is 2.80. The molecule has 7 aliphatic rings. The third-order valence-electron chi connectivity index (χ3n) is 19.8. The van der Waals surface area contributed by atoms with Gasteiger partial charge in [-0.2, -0.15) is 0 Å². The van der Waals surface area contributed by atoms with Crippen LogP contribution >= 0.6 is 0 Å². The number of aromatic hydroxyl groups is 2. The summed E-state index contributed by atoms with van der Waals surface area (Å²) in [6.45, 7) is 12.0. The number of phenols is 2. The van der Waals surface area contributed by atoms with E-state index in [0.29, 0.717) is 101 Å². The van der Waals surface area contributed by atoms with Crippen LogP contribution in [0.3, 0.4) is 0 Å². The Hall–Kier alpha value is -7.83. The molecule has 474 valence electrons. The summed E-state index contributed by atoms with van der Waals surface area (Å²) in [6, 6.07) is 16.9. The van der Waals surface area contributed by atoms with Gasteiger partial charge in [0.1, 0.15) is 22.7 Å². The molecular formula is C67H82N8O14. The Morgan fingerprint density at radius 1 is 0.775 bits per heavy atom. The highest BCUT2D eigenvalue weighted by Crippen LogP contribution is 2.68. The number of aromatic amines is 1. The van der Waals surface area contributed by atoms with Crippen molar-refractivity contribution < 1.29 is 68.5 Å². The second-order valence-corrected chi connectivity index (χ2v) is 24.4. The molecule has 12 rings (SSSR count). The van der Waals surface area contributed by atoms with Crippen molar-refractivity contribution in [3.8, 4) is 17.2 Å². The fraction of sp³-hybridized carbons (Fsp3) is 0.478. The summed E-state index contributed by atoms with van der Waals surface area (Å²) < 4.78 is 23.9. The molecule has 2 unspecified atom stereocenters. The molecule has 4 aromatic carbocycles. The number of ketones is 2. The van der Waals surface area contributed by atoms with E-state index < -0.39 is 57.5 Å². The van der Waals surface area contributed by atoms with Crippen molar-refractivity contribution in [2.45, 2.75) is 87.6 Å². The lowest BCUT2D eigenvalue weighted by Gasteiger charge is -2.63. The number of H-pyrrole nitrogens is 1. The molecule has 89 heavy (non-hydrogen) atoms. The molecular weight excluding hydrogens is 1140 g/mol. The number of carbonyl (C=O) groups is 5. The minimum absolute atomic E-state index is 0.00939. The number of fused-ring (bicyclic) bond motifs is 8. The number of methoxy groups -OCH3 is 3. The van der Waals surface area contributed by atoms with E-state index in [4.69, 9.17) is 29.2 Å². The predicted molar refractivity (Wildman–Crippen MR) is 334 cm³/mol. The van der Waals surface area contributed by atoms with Crippen LogP contribution in [0, 0.1) is 11.3 Å². The number of nitrogens with one attached hydrogen (secondary N) is 5. The Morgan fingerprint density at radius 2 is 1.42 bits per heavy atom. The topological polar surface area (TPSA) is 297 Å². The van der Waals surface area contributed by atoms with Gasteiger partial charge in [-0.05, 0) is 85.7 Å². The number of ether oxygens (including phenoxy) is 4. The van der Waals surface area contributed by atoms with Crippen LogP contribution in [0.25, 0.3) is 10.9 Å². The molecule has 2 bridgehead atoms. The van der Waals surface area contributed by atoms with Crippen LogP contribution in [0.4, 0.5) is 17.1 Å². The van der Waals surface area contributed by atoms with Crippen LogP contribution in [0.1, 0.15) is 101 Å².